The van der Waals surface area contributed by atoms with E-state index in [1.807, 2.05) is 20.8 Å². The first-order valence-corrected chi connectivity index (χ1v) is 8.00. The molecular formula is C17H21ClN2O3. The van der Waals surface area contributed by atoms with Gasteiger partial charge in [-0.1, -0.05) is 11.6 Å². The Bertz CT molecular complexity index is 641. The average molecular weight is 337 g/mol. The van der Waals surface area contributed by atoms with Gasteiger partial charge in [-0.2, -0.15) is 0 Å². The molecule has 1 aromatic carbocycles. The Balaban J connectivity index is 2.13. The Morgan fingerprint density at radius 3 is 2.78 bits per heavy atom. The van der Waals surface area contributed by atoms with Crippen LogP contribution in [0.2, 0.25) is 5.02 Å². The largest absolute Gasteiger partial charge is 0.488 e. The maximum absolute atomic E-state index is 12.6. The Morgan fingerprint density at radius 2 is 2.13 bits per heavy atom. The summed E-state index contributed by atoms with van der Waals surface area (Å²) in [6.45, 7) is 6.28. The van der Waals surface area contributed by atoms with Gasteiger partial charge in [0, 0.05) is 23.2 Å². The van der Waals surface area contributed by atoms with Crippen molar-refractivity contribution in [2.24, 2.45) is 0 Å². The quantitative estimate of drug-likeness (QED) is 0.898. The van der Waals surface area contributed by atoms with Crippen molar-refractivity contribution in [3.05, 3.63) is 34.4 Å². The zero-order valence-corrected chi connectivity index (χ0v) is 14.3. The Kier molecular flexibility index (Phi) is 5.66. The number of rotatable bonds is 5. The van der Waals surface area contributed by atoms with Crippen LogP contribution in [0.4, 0.5) is 0 Å². The molecule has 0 spiro atoms. The topological polar surface area (TPSA) is 58.6 Å². The van der Waals surface area contributed by atoms with Crippen LogP contribution < -0.4 is 10.1 Å². The van der Waals surface area contributed by atoms with E-state index in [0.29, 0.717) is 22.9 Å². The Hall–Kier alpha value is -2.01. The molecule has 2 amide bonds. The predicted octanol–water partition coefficient (Wildman–Crippen LogP) is 2.49. The lowest BCUT2D eigenvalue weighted by atomic mass is 10.1. The Morgan fingerprint density at radius 1 is 1.39 bits per heavy atom. The highest BCUT2D eigenvalue weighted by Crippen LogP contribution is 2.29. The van der Waals surface area contributed by atoms with Crippen molar-refractivity contribution >= 4 is 29.5 Å². The normalized spacial score (nSPS) is 13.0. The molecule has 124 valence electrons. The highest BCUT2D eigenvalue weighted by atomic mass is 35.5. The molecule has 0 aromatic heterocycles. The van der Waals surface area contributed by atoms with Crippen molar-refractivity contribution in [2.45, 2.75) is 26.8 Å². The highest BCUT2D eigenvalue weighted by molar-refractivity contribution is 6.30. The number of ether oxygens (including phenoxy) is 1. The SMILES string of the molecule is CCN(CC(=O)NC(C)C)C(=O)C1=Cc2cc(Cl)ccc2OC1. The smallest absolute Gasteiger partial charge is 0.253 e. The van der Waals surface area contributed by atoms with Crippen LogP contribution in [-0.4, -0.2) is 42.5 Å². The third kappa shape index (κ3) is 4.48. The monoisotopic (exact) mass is 336 g/mol. The molecular weight excluding hydrogens is 316 g/mol. The number of fused-ring (bicyclic) bond motifs is 1. The fraction of sp³-hybridized carbons (Fsp3) is 0.412. The van der Waals surface area contributed by atoms with Gasteiger partial charge in [0.2, 0.25) is 5.91 Å². The number of amides is 2. The van der Waals surface area contributed by atoms with Gasteiger partial charge in [0.05, 0.1) is 12.1 Å². The summed E-state index contributed by atoms with van der Waals surface area (Å²) in [5, 5.41) is 3.37. The minimum atomic E-state index is -0.197. The fourth-order valence-electron chi connectivity index (χ4n) is 2.34. The van der Waals surface area contributed by atoms with E-state index >= 15 is 0 Å². The molecule has 6 heteroatoms. The zero-order valence-electron chi connectivity index (χ0n) is 13.6. The molecule has 0 unspecified atom stereocenters. The number of hydrogen-bond donors (Lipinski definition) is 1. The number of nitrogens with zero attached hydrogens (tertiary/aromatic N) is 1. The molecule has 0 atom stereocenters. The summed E-state index contributed by atoms with van der Waals surface area (Å²) in [6, 6.07) is 5.33. The van der Waals surface area contributed by atoms with E-state index in [1.165, 1.54) is 4.90 Å². The summed E-state index contributed by atoms with van der Waals surface area (Å²) < 4.78 is 5.60. The van der Waals surface area contributed by atoms with Gasteiger partial charge < -0.3 is 15.0 Å². The van der Waals surface area contributed by atoms with Crippen molar-refractivity contribution in [3.63, 3.8) is 0 Å². The molecule has 0 saturated heterocycles. The lowest BCUT2D eigenvalue weighted by Crippen LogP contribution is -2.43. The van der Waals surface area contributed by atoms with Gasteiger partial charge in [-0.15, -0.1) is 0 Å². The van der Waals surface area contributed by atoms with Gasteiger partial charge >= 0.3 is 0 Å². The summed E-state index contributed by atoms with van der Waals surface area (Å²) >= 11 is 5.98. The minimum absolute atomic E-state index is 0.0350. The number of hydrogen-bond acceptors (Lipinski definition) is 3. The third-order valence-electron chi connectivity index (χ3n) is 3.41. The molecule has 0 fully saturated rings. The molecule has 0 radical (unpaired) electrons. The number of halogens is 1. The van der Waals surface area contributed by atoms with E-state index in [-0.39, 0.29) is 31.0 Å². The first-order valence-electron chi connectivity index (χ1n) is 7.62. The summed E-state index contributed by atoms with van der Waals surface area (Å²) in [4.78, 5) is 26.0. The van der Waals surface area contributed by atoms with E-state index in [1.54, 1.807) is 24.3 Å². The lowest BCUT2D eigenvalue weighted by molar-refractivity contribution is -0.133. The molecule has 1 N–H and O–H groups in total. The second-order valence-electron chi connectivity index (χ2n) is 5.68. The third-order valence-corrected chi connectivity index (χ3v) is 3.65. The summed E-state index contributed by atoms with van der Waals surface area (Å²) in [5.74, 6) is 0.333. The summed E-state index contributed by atoms with van der Waals surface area (Å²) in [7, 11) is 0. The van der Waals surface area contributed by atoms with E-state index in [2.05, 4.69) is 5.32 Å². The van der Waals surface area contributed by atoms with Crippen molar-refractivity contribution in [2.75, 3.05) is 19.7 Å². The van der Waals surface area contributed by atoms with E-state index in [4.69, 9.17) is 16.3 Å². The van der Waals surface area contributed by atoms with Crippen LogP contribution >= 0.6 is 11.6 Å². The van der Waals surface area contributed by atoms with E-state index in [0.717, 1.165) is 5.56 Å². The van der Waals surface area contributed by atoms with Crippen molar-refractivity contribution in [1.82, 2.24) is 10.2 Å². The van der Waals surface area contributed by atoms with Crippen LogP contribution in [0.25, 0.3) is 6.08 Å². The summed E-state index contributed by atoms with van der Waals surface area (Å²) in [6.07, 6.45) is 1.77. The first kappa shape index (κ1) is 17.3. The molecule has 0 bridgehead atoms. The highest BCUT2D eigenvalue weighted by Gasteiger charge is 2.23. The van der Waals surface area contributed by atoms with Gasteiger partial charge in [-0.3, -0.25) is 9.59 Å². The first-order chi connectivity index (χ1) is 10.9. The molecule has 0 aliphatic carbocycles. The van der Waals surface area contributed by atoms with Crippen LogP contribution in [0.1, 0.15) is 26.3 Å². The standard InChI is InChI=1S/C17H21ClN2O3/c1-4-20(9-16(21)19-11(2)3)17(22)13-7-12-8-14(18)5-6-15(12)23-10-13/h5-8,11H,4,9-10H2,1-3H3,(H,19,21). The van der Waals surface area contributed by atoms with Gasteiger partial charge in [0.1, 0.15) is 12.4 Å². The molecule has 23 heavy (non-hydrogen) atoms. The zero-order chi connectivity index (χ0) is 17.0. The van der Waals surface area contributed by atoms with Gasteiger partial charge in [0.15, 0.2) is 0 Å². The van der Waals surface area contributed by atoms with Gasteiger partial charge in [0.25, 0.3) is 5.91 Å². The number of carbonyl (C=O) groups excluding carboxylic acids is 2. The molecule has 1 heterocycles. The fourth-order valence-corrected chi connectivity index (χ4v) is 2.52. The maximum Gasteiger partial charge on any atom is 0.253 e. The lowest BCUT2D eigenvalue weighted by Gasteiger charge is -2.24. The molecule has 2 rings (SSSR count). The van der Waals surface area contributed by atoms with Crippen LogP contribution in [0.3, 0.4) is 0 Å². The molecule has 1 aliphatic heterocycles. The summed E-state index contributed by atoms with van der Waals surface area (Å²) in [5.41, 5.74) is 1.29. The van der Waals surface area contributed by atoms with Crippen molar-refractivity contribution < 1.29 is 14.3 Å². The van der Waals surface area contributed by atoms with E-state index < -0.39 is 0 Å². The van der Waals surface area contributed by atoms with Crippen LogP contribution in [0.15, 0.2) is 23.8 Å². The van der Waals surface area contributed by atoms with Gasteiger partial charge in [-0.25, -0.2) is 0 Å². The number of nitrogens with one attached hydrogen (secondary N) is 1. The predicted molar refractivity (Wildman–Crippen MR) is 90.5 cm³/mol. The van der Waals surface area contributed by atoms with Crippen molar-refractivity contribution in [1.29, 1.82) is 0 Å². The molecule has 0 saturated carbocycles. The second-order valence-corrected chi connectivity index (χ2v) is 6.12. The van der Waals surface area contributed by atoms with Crippen LogP contribution in [0.5, 0.6) is 5.75 Å². The molecule has 5 nitrogen and oxygen atoms in total. The van der Waals surface area contributed by atoms with Gasteiger partial charge in [-0.05, 0) is 45.0 Å². The maximum atomic E-state index is 12.6. The Labute approximate surface area is 141 Å². The molecule has 1 aliphatic rings. The van der Waals surface area contributed by atoms with E-state index in [9.17, 15) is 9.59 Å². The minimum Gasteiger partial charge on any atom is -0.488 e. The second kappa shape index (κ2) is 7.51. The number of benzene rings is 1. The average Bonchev–Trinajstić information content (AvgIpc) is 2.50. The number of carbonyl (C=O) groups is 2. The van der Waals surface area contributed by atoms with Crippen LogP contribution in [-0.2, 0) is 9.59 Å². The number of likely N-dealkylation sites (N-methyl/N-ethyl adjacent to an activating group) is 1. The molecule has 1 aromatic rings. The van der Waals surface area contributed by atoms with Crippen LogP contribution in [0, 0.1) is 0 Å². The van der Waals surface area contributed by atoms with Crippen molar-refractivity contribution in [3.8, 4) is 5.75 Å².